The van der Waals surface area contributed by atoms with Crippen molar-refractivity contribution >= 4 is 17.1 Å². The summed E-state index contributed by atoms with van der Waals surface area (Å²) in [5, 5.41) is 10.1. The second-order valence-corrected chi connectivity index (χ2v) is 5.75. The van der Waals surface area contributed by atoms with Crippen molar-refractivity contribution in [3.05, 3.63) is 51.0 Å². The third kappa shape index (κ3) is 2.72. The molecule has 1 heterocycles. The molecule has 2 aromatic rings. The van der Waals surface area contributed by atoms with Crippen molar-refractivity contribution in [2.24, 2.45) is 0 Å². The van der Waals surface area contributed by atoms with Crippen LogP contribution in [0.15, 0.2) is 24.4 Å². The van der Waals surface area contributed by atoms with Gasteiger partial charge in [-0.2, -0.15) is 5.26 Å². The Morgan fingerprint density at radius 1 is 1.32 bits per heavy atom. The van der Waals surface area contributed by atoms with Gasteiger partial charge in [0.15, 0.2) is 5.78 Å². The van der Waals surface area contributed by atoms with E-state index in [0.29, 0.717) is 4.88 Å². The molecule has 0 N–H and O–H groups in total. The first-order valence-electron chi connectivity index (χ1n) is 5.96. The summed E-state index contributed by atoms with van der Waals surface area (Å²) in [6.07, 6.45) is 1.55. The highest BCUT2D eigenvalue weighted by Gasteiger charge is 2.23. The van der Waals surface area contributed by atoms with Gasteiger partial charge in [-0.3, -0.25) is 4.79 Å². The number of hydrogen-bond donors (Lipinski definition) is 0. The molecule has 1 unspecified atom stereocenters. The van der Waals surface area contributed by atoms with E-state index in [1.54, 1.807) is 6.20 Å². The first kappa shape index (κ1) is 13.4. The van der Waals surface area contributed by atoms with Crippen LogP contribution in [0.25, 0.3) is 0 Å². The Kier molecular flexibility index (Phi) is 3.77. The van der Waals surface area contributed by atoms with Crippen molar-refractivity contribution in [3.8, 4) is 6.07 Å². The molecular weight excluding hydrogens is 256 g/mol. The van der Waals surface area contributed by atoms with Crippen LogP contribution in [-0.2, 0) is 0 Å². The Hall–Kier alpha value is -1.99. The number of carbonyl (C=O) groups excluding carboxylic acids is 1. The predicted molar refractivity (Wildman–Crippen MR) is 75.5 cm³/mol. The first-order valence-corrected chi connectivity index (χ1v) is 6.78. The van der Waals surface area contributed by atoms with Gasteiger partial charge in [0.1, 0.15) is 5.92 Å². The molecule has 0 saturated heterocycles. The molecule has 2 rings (SSSR count). The van der Waals surface area contributed by atoms with Crippen molar-refractivity contribution in [2.45, 2.75) is 26.7 Å². The van der Waals surface area contributed by atoms with Crippen LogP contribution in [0.5, 0.6) is 0 Å². The number of aryl methyl sites for hydroxylation is 3. The largest absolute Gasteiger partial charge is 0.291 e. The molecule has 0 radical (unpaired) electrons. The summed E-state index contributed by atoms with van der Waals surface area (Å²) in [4.78, 5) is 16.9. The molecule has 0 saturated carbocycles. The smallest absolute Gasteiger partial charge is 0.195 e. The molecule has 1 atom stereocenters. The number of aromatic nitrogens is 1. The average molecular weight is 270 g/mol. The summed E-state index contributed by atoms with van der Waals surface area (Å²) in [7, 11) is 0. The van der Waals surface area contributed by atoms with Gasteiger partial charge in [0.2, 0.25) is 0 Å². The van der Waals surface area contributed by atoms with Crippen LogP contribution in [0.2, 0.25) is 0 Å². The van der Waals surface area contributed by atoms with E-state index in [4.69, 9.17) is 0 Å². The third-order valence-corrected chi connectivity index (χ3v) is 4.05. The number of nitrogens with zero attached hydrogens (tertiary/aromatic N) is 2. The minimum absolute atomic E-state index is 0.170. The molecule has 96 valence electrons. The minimum atomic E-state index is -0.751. The fourth-order valence-electron chi connectivity index (χ4n) is 1.85. The molecule has 0 fully saturated rings. The molecule has 0 amide bonds. The number of carbonyl (C=O) groups is 1. The Balaban J connectivity index is 2.37. The van der Waals surface area contributed by atoms with Gasteiger partial charge in [-0.15, -0.1) is 11.3 Å². The number of thiazole rings is 1. The summed E-state index contributed by atoms with van der Waals surface area (Å²) >= 11 is 1.33. The Bertz CT molecular complexity index is 667. The number of rotatable bonds is 3. The lowest BCUT2D eigenvalue weighted by Gasteiger charge is -2.09. The topological polar surface area (TPSA) is 53.8 Å². The highest BCUT2D eigenvalue weighted by atomic mass is 32.1. The van der Waals surface area contributed by atoms with Crippen LogP contribution in [-0.4, -0.2) is 10.8 Å². The number of benzene rings is 1. The summed E-state index contributed by atoms with van der Waals surface area (Å²) in [5.74, 6) is -0.921. The van der Waals surface area contributed by atoms with Crippen LogP contribution in [0.3, 0.4) is 0 Å². The first-order chi connectivity index (χ1) is 9.02. The molecule has 19 heavy (non-hydrogen) atoms. The van der Waals surface area contributed by atoms with Crippen LogP contribution < -0.4 is 0 Å². The summed E-state index contributed by atoms with van der Waals surface area (Å²) in [5.41, 5.74) is 2.99. The molecule has 0 bridgehead atoms. The van der Waals surface area contributed by atoms with E-state index < -0.39 is 5.92 Å². The number of Topliss-reactive ketones (excluding diaryl/α,β-unsaturated/α-hetero) is 1. The average Bonchev–Trinajstić information content (AvgIpc) is 2.81. The Morgan fingerprint density at radius 3 is 2.58 bits per heavy atom. The fourth-order valence-corrected chi connectivity index (χ4v) is 2.59. The van der Waals surface area contributed by atoms with Gasteiger partial charge in [-0.05, 0) is 37.5 Å². The standard InChI is InChI=1S/C15H14N2OS/c1-9-4-5-12(6-10(9)2)13(7-16)15(18)14-8-17-11(3)19-14/h4-6,8,13H,1-3H3. The van der Waals surface area contributed by atoms with Crippen LogP contribution in [0.4, 0.5) is 0 Å². The van der Waals surface area contributed by atoms with Crippen molar-refractivity contribution < 1.29 is 4.79 Å². The van der Waals surface area contributed by atoms with Crippen LogP contribution >= 0.6 is 11.3 Å². The van der Waals surface area contributed by atoms with E-state index in [2.05, 4.69) is 11.1 Å². The van der Waals surface area contributed by atoms with Crippen molar-refractivity contribution in [1.29, 1.82) is 5.26 Å². The molecule has 0 aliphatic carbocycles. The van der Waals surface area contributed by atoms with E-state index in [-0.39, 0.29) is 5.78 Å². The number of ketones is 1. The molecule has 0 spiro atoms. The van der Waals surface area contributed by atoms with Gasteiger partial charge >= 0.3 is 0 Å². The lowest BCUT2D eigenvalue weighted by atomic mass is 9.93. The Morgan fingerprint density at radius 2 is 2.05 bits per heavy atom. The zero-order valence-electron chi connectivity index (χ0n) is 11.1. The predicted octanol–water partition coefficient (Wildman–Crippen LogP) is 3.56. The monoisotopic (exact) mass is 270 g/mol. The van der Waals surface area contributed by atoms with Crippen molar-refractivity contribution in [1.82, 2.24) is 4.98 Å². The Labute approximate surface area is 116 Å². The third-order valence-electron chi connectivity index (χ3n) is 3.12. The zero-order chi connectivity index (χ0) is 14.0. The SMILES string of the molecule is Cc1ncc(C(=O)C(C#N)c2ccc(C)c(C)c2)s1. The highest BCUT2D eigenvalue weighted by Crippen LogP contribution is 2.25. The molecule has 4 heteroatoms. The molecule has 3 nitrogen and oxygen atoms in total. The minimum Gasteiger partial charge on any atom is -0.291 e. The molecular formula is C15H14N2OS. The number of hydrogen-bond acceptors (Lipinski definition) is 4. The van der Waals surface area contributed by atoms with E-state index in [1.165, 1.54) is 11.3 Å². The van der Waals surface area contributed by atoms with Gasteiger partial charge < -0.3 is 0 Å². The fraction of sp³-hybridized carbons (Fsp3) is 0.267. The van der Waals surface area contributed by atoms with E-state index >= 15 is 0 Å². The maximum Gasteiger partial charge on any atom is 0.195 e. The van der Waals surface area contributed by atoms with E-state index in [0.717, 1.165) is 21.7 Å². The van der Waals surface area contributed by atoms with Gasteiger partial charge in [-0.25, -0.2) is 4.98 Å². The summed E-state index contributed by atoms with van der Waals surface area (Å²) in [6.45, 7) is 5.84. The second kappa shape index (κ2) is 5.33. The normalized spacial score (nSPS) is 11.9. The van der Waals surface area contributed by atoms with E-state index in [9.17, 15) is 10.1 Å². The highest BCUT2D eigenvalue weighted by molar-refractivity contribution is 7.13. The van der Waals surface area contributed by atoms with Crippen LogP contribution in [0, 0.1) is 32.1 Å². The summed E-state index contributed by atoms with van der Waals surface area (Å²) < 4.78 is 0. The lowest BCUT2D eigenvalue weighted by Crippen LogP contribution is -2.10. The van der Waals surface area contributed by atoms with Gasteiger partial charge in [-0.1, -0.05) is 18.2 Å². The van der Waals surface area contributed by atoms with Gasteiger partial charge in [0.05, 0.1) is 16.0 Å². The molecule has 1 aromatic carbocycles. The molecule has 0 aliphatic heterocycles. The van der Waals surface area contributed by atoms with Gasteiger partial charge in [0.25, 0.3) is 0 Å². The van der Waals surface area contributed by atoms with E-state index in [1.807, 2.05) is 39.0 Å². The molecule has 1 aromatic heterocycles. The maximum absolute atomic E-state index is 12.3. The van der Waals surface area contributed by atoms with Crippen molar-refractivity contribution in [3.63, 3.8) is 0 Å². The maximum atomic E-state index is 12.3. The van der Waals surface area contributed by atoms with Crippen molar-refractivity contribution in [2.75, 3.05) is 0 Å². The molecule has 0 aliphatic rings. The second-order valence-electron chi connectivity index (χ2n) is 4.51. The van der Waals surface area contributed by atoms with Gasteiger partial charge in [0, 0.05) is 6.20 Å². The number of nitriles is 1. The lowest BCUT2D eigenvalue weighted by molar-refractivity contribution is 0.0982. The summed E-state index contributed by atoms with van der Waals surface area (Å²) in [6, 6.07) is 7.81. The van der Waals surface area contributed by atoms with Crippen LogP contribution in [0.1, 0.15) is 37.3 Å². The quantitative estimate of drug-likeness (QED) is 0.801. The zero-order valence-corrected chi connectivity index (χ0v) is 11.9.